The largest absolute Gasteiger partial charge is 0.508 e. The molecule has 20 heteroatoms. The number of phenols is 1. The molecule has 0 unspecified atom stereocenters. The minimum Gasteiger partial charge on any atom is -0.508 e. The van der Waals surface area contributed by atoms with Crippen molar-refractivity contribution in [3.05, 3.63) is 65.9 Å². The SMILES string of the molecule is CC(C)C[C@H](NC(=O)[C@H](Cc1c[nH]c2ccccc12)NC(=O)[C@H](CC(N)=O)NC(=O)[C@@H](N)CC(=O)O)C(=O)N[C@H](C(=O)N[C@@H](Cc1ccc(O)cc1)C(=O)O)[C@@H](C)O. The highest BCUT2D eigenvalue weighted by molar-refractivity contribution is 5.98. The molecule has 7 atom stereocenters. The number of aromatic hydroxyl groups is 1. The van der Waals surface area contributed by atoms with Crippen LogP contribution in [0.5, 0.6) is 5.75 Å². The number of aliphatic hydroxyl groups is 1. The molecular weight excluding hydrogens is 760 g/mol. The van der Waals surface area contributed by atoms with Gasteiger partial charge in [-0.1, -0.05) is 44.2 Å². The van der Waals surface area contributed by atoms with Crippen LogP contribution in [-0.4, -0.2) is 115 Å². The molecular formula is C38H50N8O12. The maximum absolute atomic E-state index is 14.1. The number of hydrogen-bond donors (Lipinski definition) is 12. The van der Waals surface area contributed by atoms with E-state index in [9.17, 15) is 53.7 Å². The second kappa shape index (κ2) is 21.1. The normalized spacial score (nSPS) is 14.8. The van der Waals surface area contributed by atoms with Gasteiger partial charge in [-0.05, 0) is 48.6 Å². The summed E-state index contributed by atoms with van der Waals surface area (Å²) in [5.74, 6) is -9.17. The molecule has 0 fully saturated rings. The van der Waals surface area contributed by atoms with Gasteiger partial charge in [0.05, 0.1) is 25.0 Å². The molecule has 0 saturated heterocycles. The van der Waals surface area contributed by atoms with E-state index in [1.165, 1.54) is 31.2 Å². The lowest BCUT2D eigenvalue weighted by atomic mass is 9.99. The molecule has 20 nitrogen and oxygen atoms in total. The number of aromatic nitrogens is 1. The lowest BCUT2D eigenvalue weighted by molar-refractivity contribution is -0.143. The Morgan fingerprint density at radius 3 is 1.84 bits per heavy atom. The zero-order chi connectivity index (χ0) is 43.3. The van der Waals surface area contributed by atoms with E-state index in [1.807, 2.05) is 0 Å². The molecule has 3 aromatic rings. The lowest BCUT2D eigenvalue weighted by Gasteiger charge is -2.28. The second-order valence-corrected chi connectivity index (χ2v) is 14.2. The Morgan fingerprint density at radius 1 is 0.690 bits per heavy atom. The molecule has 0 aliphatic carbocycles. The van der Waals surface area contributed by atoms with E-state index in [-0.39, 0.29) is 30.9 Å². The molecule has 2 aromatic carbocycles. The van der Waals surface area contributed by atoms with Crippen LogP contribution < -0.4 is 38.1 Å². The summed E-state index contributed by atoms with van der Waals surface area (Å²) in [6.45, 7) is 4.67. The Labute approximate surface area is 332 Å². The number of aliphatic carboxylic acids is 2. The summed E-state index contributed by atoms with van der Waals surface area (Å²) in [4.78, 5) is 106. The first kappa shape index (κ1) is 45.8. The average Bonchev–Trinajstić information content (AvgIpc) is 3.54. The predicted molar refractivity (Wildman–Crippen MR) is 206 cm³/mol. The first-order valence-corrected chi connectivity index (χ1v) is 18.3. The van der Waals surface area contributed by atoms with Crippen molar-refractivity contribution in [1.29, 1.82) is 0 Å². The average molecular weight is 811 g/mol. The summed E-state index contributed by atoms with van der Waals surface area (Å²) in [5, 5.41) is 51.6. The van der Waals surface area contributed by atoms with Crippen molar-refractivity contribution >= 4 is 58.3 Å². The number of fused-ring (bicyclic) bond motifs is 1. The van der Waals surface area contributed by atoms with E-state index < -0.39 is 103 Å². The molecule has 0 radical (unpaired) electrons. The number of benzene rings is 2. The molecule has 1 aromatic heterocycles. The van der Waals surface area contributed by atoms with Crippen molar-refractivity contribution in [3.63, 3.8) is 0 Å². The number of nitrogens with two attached hydrogens (primary N) is 2. The molecule has 0 saturated carbocycles. The number of nitrogens with one attached hydrogen (secondary N) is 6. The molecule has 14 N–H and O–H groups in total. The van der Waals surface area contributed by atoms with Crippen LogP contribution >= 0.6 is 0 Å². The quantitative estimate of drug-likeness (QED) is 0.0538. The number of hydrogen-bond acceptors (Lipinski definition) is 11. The van der Waals surface area contributed by atoms with Gasteiger partial charge in [0.25, 0.3) is 0 Å². The van der Waals surface area contributed by atoms with Gasteiger partial charge in [0.15, 0.2) is 0 Å². The van der Waals surface area contributed by atoms with E-state index in [0.717, 1.165) is 0 Å². The van der Waals surface area contributed by atoms with Crippen molar-refractivity contribution in [3.8, 4) is 5.75 Å². The van der Waals surface area contributed by atoms with Gasteiger partial charge < -0.3 is 63.5 Å². The Balaban J connectivity index is 1.89. The van der Waals surface area contributed by atoms with Gasteiger partial charge in [-0.2, -0.15) is 0 Å². The fourth-order valence-corrected chi connectivity index (χ4v) is 5.94. The third-order valence-corrected chi connectivity index (χ3v) is 8.90. The summed E-state index contributed by atoms with van der Waals surface area (Å²) in [5.41, 5.74) is 12.7. The van der Waals surface area contributed by atoms with Crippen LogP contribution in [0.3, 0.4) is 0 Å². The lowest BCUT2D eigenvalue weighted by Crippen LogP contribution is -2.61. The number of para-hydroxylation sites is 1. The molecule has 0 bridgehead atoms. The van der Waals surface area contributed by atoms with Gasteiger partial charge in [0, 0.05) is 29.9 Å². The summed E-state index contributed by atoms with van der Waals surface area (Å²) in [6.07, 6.45) is -1.89. The van der Waals surface area contributed by atoms with Gasteiger partial charge in [-0.15, -0.1) is 0 Å². The number of amides is 6. The van der Waals surface area contributed by atoms with Crippen LogP contribution in [0.2, 0.25) is 0 Å². The smallest absolute Gasteiger partial charge is 0.326 e. The zero-order valence-corrected chi connectivity index (χ0v) is 32.1. The summed E-state index contributed by atoms with van der Waals surface area (Å²) in [6, 6.07) is 3.32. The van der Waals surface area contributed by atoms with Crippen LogP contribution in [0, 0.1) is 5.92 Å². The van der Waals surface area contributed by atoms with E-state index >= 15 is 0 Å². The number of phenolic OH excluding ortho intramolecular Hbond substituents is 1. The fraction of sp³-hybridized carbons (Fsp3) is 0.421. The number of rotatable bonds is 22. The van der Waals surface area contributed by atoms with Crippen molar-refractivity contribution in [2.45, 2.75) is 95.2 Å². The number of aromatic amines is 1. The minimum atomic E-state index is -1.69. The van der Waals surface area contributed by atoms with Crippen molar-refractivity contribution < 1.29 is 58.8 Å². The Kier molecular flexibility index (Phi) is 16.7. The zero-order valence-electron chi connectivity index (χ0n) is 32.1. The summed E-state index contributed by atoms with van der Waals surface area (Å²) < 4.78 is 0. The van der Waals surface area contributed by atoms with Gasteiger partial charge in [-0.3, -0.25) is 33.6 Å². The van der Waals surface area contributed by atoms with Crippen LogP contribution in [0.25, 0.3) is 10.9 Å². The summed E-state index contributed by atoms with van der Waals surface area (Å²) >= 11 is 0. The van der Waals surface area contributed by atoms with Crippen molar-refractivity contribution in [1.82, 2.24) is 31.6 Å². The number of carboxylic acid groups (broad SMARTS) is 2. The van der Waals surface area contributed by atoms with E-state index in [4.69, 9.17) is 16.6 Å². The first-order valence-electron chi connectivity index (χ1n) is 18.3. The van der Waals surface area contributed by atoms with Gasteiger partial charge in [0.1, 0.15) is 36.0 Å². The van der Waals surface area contributed by atoms with Gasteiger partial charge in [0.2, 0.25) is 35.4 Å². The first-order chi connectivity index (χ1) is 27.2. The molecule has 0 aliphatic rings. The monoisotopic (exact) mass is 810 g/mol. The number of aliphatic hydroxyl groups excluding tert-OH is 1. The molecule has 0 spiro atoms. The highest BCUT2D eigenvalue weighted by Crippen LogP contribution is 2.20. The number of carbonyl (C=O) groups is 8. The highest BCUT2D eigenvalue weighted by Gasteiger charge is 2.35. The maximum Gasteiger partial charge on any atom is 0.326 e. The van der Waals surface area contributed by atoms with E-state index in [0.29, 0.717) is 22.0 Å². The Bertz CT molecular complexity index is 1970. The molecule has 314 valence electrons. The van der Waals surface area contributed by atoms with Crippen molar-refractivity contribution in [2.75, 3.05) is 0 Å². The van der Waals surface area contributed by atoms with Crippen molar-refractivity contribution in [2.24, 2.45) is 17.4 Å². The fourth-order valence-electron chi connectivity index (χ4n) is 5.94. The van der Waals surface area contributed by atoms with Gasteiger partial charge in [-0.25, -0.2) is 4.79 Å². The molecule has 3 rings (SSSR count). The highest BCUT2D eigenvalue weighted by atomic mass is 16.4. The minimum absolute atomic E-state index is 0.0140. The number of carboxylic acids is 2. The van der Waals surface area contributed by atoms with Crippen LogP contribution in [0.1, 0.15) is 51.2 Å². The van der Waals surface area contributed by atoms with Crippen LogP contribution in [0.15, 0.2) is 54.7 Å². The number of H-pyrrole nitrogens is 1. The van der Waals surface area contributed by atoms with Crippen LogP contribution in [0.4, 0.5) is 0 Å². The topological polar surface area (TPSA) is 345 Å². The van der Waals surface area contributed by atoms with E-state index in [1.54, 1.807) is 44.3 Å². The third kappa shape index (κ3) is 13.9. The maximum atomic E-state index is 14.1. The predicted octanol–water partition coefficient (Wildman–Crippen LogP) is -1.73. The second-order valence-electron chi connectivity index (χ2n) is 14.2. The Hall–Kier alpha value is -6.54. The third-order valence-electron chi connectivity index (χ3n) is 8.90. The van der Waals surface area contributed by atoms with Crippen LogP contribution in [-0.2, 0) is 51.2 Å². The molecule has 6 amide bonds. The number of carbonyl (C=O) groups excluding carboxylic acids is 6. The summed E-state index contributed by atoms with van der Waals surface area (Å²) in [7, 11) is 0. The standard InChI is InChI=1S/C38H50N8O12/c1-18(2)12-26(36(55)46-32(19(3)47)37(56)45-29(38(57)58)13-20-8-10-22(48)11-9-20)43-34(53)27(14-21-17-41-25-7-5-4-6-23(21)25)44-35(54)28(16-30(40)49)42-33(52)24(39)15-31(50)51/h4-11,17-19,24,26-29,32,41,47-48H,12-16,39H2,1-3H3,(H2,40,49)(H,42,52)(H,43,53)(H,44,54)(H,45,56)(H,46,55)(H,50,51)(H,57,58)/t19-,24+,26+,27+,28+,29+,32+/m1/s1. The molecule has 0 aliphatic heterocycles. The van der Waals surface area contributed by atoms with E-state index in [2.05, 4.69) is 31.6 Å². The Morgan fingerprint density at radius 2 is 1.26 bits per heavy atom. The molecule has 58 heavy (non-hydrogen) atoms. The number of primary amides is 1. The molecule has 1 heterocycles. The van der Waals surface area contributed by atoms with Gasteiger partial charge >= 0.3 is 11.9 Å².